The maximum atomic E-state index is 11.3. The van der Waals surface area contributed by atoms with Crippen LogP contribution in [0.25, 0.3) is 0 Å². The number of piperidine rings is 1. The van der Waals surface area contributed by atoms with Crippen LogP contribution in [0.5, 0.6) is 0 Å². The zero-order chi connectivity index (χ0) is 12.7. The molecule has 1 aliphatic rings. The summed E-state index contributed by atoms with van der Waals surface area (Å²) in [7, 11) is 0. The highest BCUT2D eigenvalue weighted by molar-refractivity contribution is 7.99. The lowest BCUT2D eigenvalue weighted by Crippen LogP contribution is -2.44. The number of likely N-dealkylation sites (tertiary alicyclic amines) is 1. The van der Waals surface area contributed by atoms with Gasteiger partial charge in [0.05, 0.1) is 5.41 Å². The molecule has 17 heavy (non-hydrogen) atoms. The zero-order valence-electron chi connectivity index (χ0n) is 11.1. The third-order valence-corrected chi connectivity index (χ3v) is 4.90. The van der Waals surface area contributed by atoms with Crippen molar-refractivity contribution in [2.75, 3.05) is 31.1 Å². The molecule has 0 unspecified atom stereocenters. The molecule has 1 saturated heterocycles. The highest BCUT2D eigenvalue weighted by Crippen LogP contribution is 2.35. The minimum Gasteiger partial charge on any atom is -0.481 e. The van der Waals surface area contributed by atoms with Crippen molar-refractivity contribution in [2.45, 2.75) is 39.5 Å². The van der Waals surface area contributed by atoms with Crippen LogP contribution in [-0.2, 0) is 4.79 Å². The van der Waals surface area contributed by atoms with Crippen molar-refractivity contribution in [3.8, 4) is 0 Å². The topological polar surface area (TPSA) is 40.5 Å². The summed E-state index contributed by atoms with van der Waals surface area (Å²) in [4.78, 5) is 13.7. The summed E-state index contributed by atoms with van der Waals surface area (Å²) in [5, 5.41) is 9.30. The molecule has 1 N–H and O–H groups in total. The summed E-state index contributed by atoms with van der Waals surface area (Å²) in [6, 6.07) is 0. The van der Waals surface area contributed by atoms with E-state index in [0.717, 1.165) is 38.9 Å². The Hall–Kier alpha value is -0.220. The molecule has 100 valence electrons. The molecular weight excluding hydrogens is 234 g/mol. The fourth-order valence-electron chi connectivity index (χ4n) is 2.46. The van der Waals surface area contributed by atoms with Crippen molar-refractivity contribution in [1.29, 1.82) is 0 Å². The number of rotatable bonds is 7. The molecule has 0 amide bonds. The Labute approximate surface area is 109 Å². The van der Waals surface area contributed by atoms with E-state index in [9.17, 15) is 9.90 Å². The van der Waals surface area contributed by atoms with Crippen molar-refractivity contribution < 1.29 is 9.90 Å². The second-order valence-electron chi connectivity index (χ2n) is 4.83. The number of aliphatic carboxylic acids is 1. The van der Waals surface area contributed by atoms with E-state index in [2.05, 4.69) is 11.8 Å². The van der Waals surface area contributed by atoms with E-state index in [1.165, 1.54) is 17.9 Å². The fourth-order valence-corrected chi connectivity index (χ4v) is 3.08. The van der Waals surface area contributed by atoms with Gasteiger partial charge in [-0.1, -0.05) is 13.8 Å². The monoisotopic (exact) mass is 259 g/mol. The maximum absolute atomic E-state index is 11.3. The molecular formula is C13H25NO2S. The molecule has 4 heteroatoms. The minimum atomic E-state index is -0.596. The molecule has 3 nitrogen and oxygen atoms in total. The van der Waals surface area contributed by atoms with Gasteiger partial charge in [-0.3, -0.25) is 4.79 Å². The predicted molar refractivity (Wildman–Crippen MR) is 73.6 cm³/mol. The number of carbonyl (C=O) groups is 1. The average molecular weight is 259 g/mol. The van der Waals surface area contributed by atoms with E-state index in [0.29, 0.717) is 0 Å². The fraction of sp³-hybridized carbons (Fsp3) is 0.923. The van der Waals surface area contributed by atoms with E-state index in [1.54, 1.807) is 0 Å². The molecule has 0 atom stereocenters. The van der Waals surface area contributed by atoms with Gasteiger partial charge in [-0.05, 0) is 56.8 Å². The number of nitrogens with zero attached hydrogens (tertiary/aromatic N) is 1. The van der Waals surface area contributed by atoms with E-state index in [-0.39, 0.29) is 0 Å². The summed E-state index contributed by atoms with van der Waals surface area (Å²) in [6.45, 7) is 7.23. The van der Waals surface area contributed by atoms with Gasteiger partial charge in [0.15, 0.2) is 0 Å². The van der Waals surface area contributed by atoms with Gasteiger partial charge in [-0.25, -0.2) is 0 Å². The molecule has 0 saturated carbocycles. The van der Waals surface area contributed by atoms with Crippen LogP contribution in [0.15, 0.2) is 0 Å². The zero-order valence-corrected chi connectivity index (χ0v) is 11.9. The van der Waals surface area contributed by atoms with Gasteiger partial charge in [0.2, 0.25) is 0 Å². The van der Waals surface area contributed by atoms with Crippen LogP contribution < -0.4 is 0 Å². The van der Waals surface area contributed by atoms with E-state index in [1.807, 2.05) is 18.7 Å². The number of carboxylic acid groups (broad SMARTS) is 1. The van der Waals surface area contributed by atoms with Crippen LogP contribution >= 0.6 is 11.8 Å². The minimum absolute atomic E-state index is 0.436. The molecule has 0 bridgehead atoms. The van der Waals surface area contributed by atoms with E-state index in [4.69, 9.17) is 0 Å². The van der Waals surface area contributed by atoms with Gasteiger partial charge in [0.1, 0.15) is 0 Å². The van der Waals surface area contributed by atoms with Crippen molar-refractivity contribution in [3.63, 3.8) is 0 Å². The van der Waals surface area contributed by atoms with Crippen LogP contribution in [0.4, 0.5) is 0 Å². The summed E-state index contributed by atoms with van der Waals surface area (Å²) in [6.07, 6.45) is 3.63. The second kappa shape index (κ2) is 7.27. The number of thioether (sulfide) groups is 1. The molecule has 0 aliphatic carbocycles. The molecule has 1 heterocycles. The molecule has 0 radical (unpaired) electrons. The Bertz CT molecular complexity index is 238. The molecule has 1 fully saturated rings. The van der Waals surface area contributed by atoms with Crippen LogP contribution in [-0.4, -0.2) is 47.1 Å². The lowest BCUT2D eigenvalue weighted by Gasteiger charge is -2.38. The first kappa shape index (κ1) is 14.8. The van der Waals surface area contributed by atoms with Crippen molar-refractivity contribution >= 4 is 17.7 Å². The Morgan fingerprint density at radius 3 is 2.47 bits per heavy atom. The third kappa shape index (κ3) is 4.18. The molecule has 0 aromatic rings. The molecule has 1 rings (SSSR count). The van der Waals surface area contributed by atoms with Gasteiger partial charge >= 0.3 is 5.97 Å². The number of hydrogen-bond acceptors (Lipinski definition) is 3. The number of hydrogen-bond donors (Lipinski definition) is 1. The largest absolute Gasteiger partial charge is 0.481 e. The second-order valence-corrected chi connectivity index (χ2v) is 6.23. The van der Waals surface area contributed by atoms with Crippen molar-refractivity contribution in [1.82, 2.24) is 4.90 Å². The summed E-state index contributed by atoms with van der Waals surface area (Å²) >= 11 is 1.99. The van der Waals surface area contributed by atoms with Crippen molar-refractivity contribution in [3.05, 3.63) is 0 Å². The van der Waals surface area contributed by atoms with Gasteiger partial charge < -0.3 is 10.0 Å². The maximum Gasteiger partial charge on any atom is 0.309 e. The first-order valence-corrected chi connectivity index (χ1v) is 7.83. The first-order valence-electron chi connectivity index (χ1n) is 6.68. The van der Waals surface area contributed by atoms with Crippen LogP contribution in [0.2, 0.25) is 0 Å². The van der Waals surface area contributed by atoms with E-state index >= 15 is 0 Å². The van der Waals surface area contributed by atoms with Gasteiger partial charge in [-0.15, -0.1) is 0 Å². The Morgan fingerprint density at radius 1 is 1.35 bits per heavy atom. The van der Waals surface area contributed by atoms with Crippen LogP contribution in [0, 0.1) is 5.41 Å². The van der Waals surface area contributed by atoms with Crippen LogP contribution in [0.3, 0.4) is 0 Å². The Balaban J connectivity index is 2.27. The molecule has 1 aliphatic heterocycles. The first-order chi connectivity index (χ1) is 8.14. The molecule has 0 aromatic carbocycles. The third-order valence-electron chi connectivity index (χ3n) is 3.91. The smallest absolute Gasteiger partial charge is 0.309 e. The average Bonchev–Trinajstić information content (AvgIpc) is 2.35. The predicted octanol–water partition coefficient (Wildman–Crippen LogP) is 2.71. The standard InChI is InChI=1S/C13H25NO2S/c1-3-13(12(15)16)6-9-14(10-7-13)8-5-11-17-4-2/h3-11H2,1-2H3,(H,15,16). The quantitative estimate of drug-likeness (QED) is 0.714. The Morgan fingerprint density at radius 2 is 2.00 bits per heavy atom. The van der Waals surface area contributed by atoms with E-state index < -0.39 is 11.4 Å². The number of carboxylic acids is 1. The Kier molecular flexibility index (Phi) is 6.34. The summed E-state index contributed by atoms with van der Waals surface area (Å²) in [5.41, 5.74) is -0.436. The van der Waals surface area contributed by atoms with Gasteiger partial charge in [0, 0.05) is 0 Å². The highest BCUT2D eigenvalue weighted by Gasteiger charge is 2.39. The van der Waals surface area contributed by atoms with Crippen LogP contribution in [0.1, 0.15) is 39.5 Å². The lowest BCUT2D eigenvalue weighted by atomic mass is 9.76. The lowest BCUT2D eigenvalue weighted by molar-refractivity contribution is -0.152. The normalized spacial score (nSPS) is 20.4. The molecule has 0 spiro atoms. The highest BCUT2D eigenvalue weighted by atomic mass is 32.2. The van der Waals surface area contributed by atoms with Crippen molar-refractivity contribution in [2.24, 2.45) is 5.41 Å². The summed E-state index contributed by atoms with van der Waals surface area (Å²) in [5.74, 6) is 1.82. The van der Waals surface area contributed by atoms with Gasteiger partial charge in [0.25, 0.3) is 0 Å². The summed E-state index contributed by atoms with van der Waals surface area (Å²) < 4.78 is 0. The SMILES string of the molecule is CCSCCCN1CCC(CC)(C(=O)O)CC1. The van der Waals surface area contributed by atoms with Gasteiger partial charge in [-0.2, -0.15) is 11.8 Å². The molecule has 0 aromatic heterocycles.